The van der Waals surface area contributed by atoms with E-state index < -0.39 is 31.5 Å². The number of carbonyl (C=O) groups is 1. The molecule has 0 bridgehead atoms. The molecule has 2 rings (SSSR count). The molecule has 0 atom stereocenters. The van der Waals surface area contributed by atoms with Crippen LogP contribution in [0.3, 0.4) is 0 Å². The van der Waals surface area contributed by atoms with Crippen LogP contribution in [-0.4, -0.2) is 29.4 Å². The maximum atomic E-state index is 12.2. The predicted molar refractivity (Wildman–Crippen MR) is 77.4 cm³/mol. The number of thiazole rings is 1. The topological polar surface area (TPSA) is 140 Å². The number of hydrogen-bond donors (Lipinski definition) is 2. The Morgan fingerprint density at radius 3 is 2.73 bits per heavy atom. The van der Waals surface area contributed by atoms with Gasteiger partial charge in [0.15, 0.2) is 10.0 Å². The number of hydrogen-bond acceptors (Lipinski definition) is 7. The van der Waals surface area contributed by atoms with Crippen molar-refractivity contribution in [2.75, 3.05) is 4.72 Å². The fourth-order valence-electron chi connectivity index (χ4n) is 1.60. The van der Waals surface area contributed by atoms with E-state index in [0.717, 1.165) is 23.5 Å². The molecule has 22 heavy (non-hydrogen) atoms. The first-order valence-corrected chi connectivity index (χ1v) is 8.08. The molecule has 1 heterocycles. The molecule has 0 amide bonds. The Morgan fingerprint density at radius 1 is 1.41 bits per heavy atom. The lowest BCUT2D eigenvalue weighted by Gasteiger charge is -2.05. The summed E-state index contributed by atoms with van der Waals surface area (Å²) in [5, 5.41) is 20.9. The van der Waals surface area contributed by atoms with Crippen molar-refractivity contribution >= 4 is 38.1 Å². The van der Waals surface area contributed by atoms with Gasteiger partial charge in [0, 0.05) is 11.4 Å². The highest BCUT2D eigenvalue weighted by Gasteiger charge is 2.26. The Kier molecular flexibility index (Phi) is 4.37. The molecule has 0 spiro atoms. The molecule has 0 saturated carbocycles. The second-order valence-corrected chi connectivity index (χ2v) is 6.55. The maximum absolute atomic E-state index is 12.2. The van der Waals surface area contributed by atoms with Crippen molar-refractivity contribution in [3.63, 3.8) is 0 Å². The van der Waals surface area contributed by atoms with Crippen LogP contribution in [0.1, 0.15) is 5.69 Å². The van der Waals surface area contributed by atoms with Gasteiger partial charge in [-0.15, -0.1) is 11.3 Å². The first-order valence-electron chi connectivity index (χ1n) is 5.72. The van der Waals surface area contributed by atoms with E-state index >= 15 is 0 Å². The first-order chi connectivity index (χ1) is 10.3. The van der Waals surface area contributed by atoms with Gasteiger partial charge >= 0.3 is 5.97 Å². The van der Waals surface area contributed by atoms with Crippen molar-refractivity contribution in [1.29, 1.82) is 0 Å². The van der Waals surface area contributed by atoms with Crippen LogP contribution in [0.25, 0.3) is 0 Å². The monoisotopic (exact) mass is 343 g/mol. The first kappa shape index (κ1) is 15.9. The number of aromatic nitrogens is 1. The van der Waals surface area contributed by atoms with E-state index in [1.165, 1.54) is 17.5 Å². The van der Waals surface area contributed by atoms with E-state index in [1.54, 1.807) is 0 Å². The number of nitro benzene ring substituents is 1. The van der Waals surface area contributed by atoms with Crippen molar-refractivity contribution in [1.82, 2.24) is 4.98 Å². The van der Waals surface area contributed by atoms with Crippen LogP contribution >= 0.6 is 11.3 Å². The van der Waals surface area contributed by atoms with Crippen LogP contribution in [-0.2, 0) is 21.2 Å². The highest BCUT2D eigenvalue weighted by molar-refractivity contribution is 7.93. The third-order valence-corrected chi connectivity index (χ3v) is 4.78. The molecule has 0 unspecified atom stereocenters. The number of anilines is 1. The van der Waals surface area contributed by atoms with E-state index in [-0.39, 0.29) is 17.2 Å². The average molecular weight is 343 g/mol. The summed E-state index contributed by atoms with van der Waals surface area (Å²) in [5.41, 5.74) is -0.366. The lowest BCUT2D eigenvalue weighted by Crippen LogP contribution is -2.14. The number of nitro groups is 1. The van der Waals surface area contributed by atoms with Gasteiger partial charge in [-0.3, -0.25) is 19.6 Å². The molecule has 0 saturated heterocycles. The minimum absolute atomic E-state index is 0.0607. The van der Waals surface area contributed by atoms with Gasteiger partial charge in [-0.2, -0.15) is 0 Å². The van der Waals surface area contributed by atoms with Crippen LogP contribution in [0.4, 0.5) is 10.8 Å². The second-order valence-electron chi connectivity index (χ2n) is 4.04. The van der Waals surface area contributed by atoms with Crippen molar-refractivity contribution < 1.29 is 23.2 Å². The third-order valence-electron chi connectivity index (χ3n) is 2.46. The summed E-state index contributed by atoms with van der Waals surface area (Å²) in [6, 6.07) is 4.89. The van der Waals surface area contributed by atoms with Crippen molar-refractivity contribution in [3.8, 4) is 0 Å². The lowest BCUT2D eigenvalue weighted by atomic mass is 10.3. The highest BCUT2D eigenvalue weighted by Crippen LogP contribution is 2.26. The summed E-state index contributed by atoms with van der Waals surface area (Å²) in [6.07, 6.45) is -0.344. The molecule has 0 radical (unpaired) electrons. The third kappa shape index (κ3) is 3.56. The molecule has 2 N–H and O–H groups in total. The van der Waals surface area contributed by atoms with Gasteiger partial charge < -0.3 is 5.11 Å². The van der Waals surface area contributed by atoms with Crippen molar-refractivity contribution in [2.45, 2.75) is 11.3 Å². The number of benzene rings is 1. The molecular formula is C11H9N3O6S2. The normalized spacial score (nSPS) is 11.1. The molecule has 2 aromatic rings. The zero-order chi connectivity index (χ0) is 16.3. The quantitative estimate of drug-likeness (QED) is 0.598. The average Bonchev–Trinajstić information content (AvgIpc) is 2.84. The van der Waals surface area contributed by atoms with Crippen LogP contribution in [0, 0.1) is 10.1 Å². The number of nitrogens with one attached hydrogen (secondary N) is 1. The van der Waals surface area contributed by atoms with E-state index in [0.29, 0.717) is 0 Å². The summed E-state index contributed by atoms with van der Waals surface area (Å²) in [5.74, 6) is -1.10. The molecule has 11 heteroatoms. The van der Waals surface area contributed by atoms with Gasteiger partial charge in [-0.1, -0.05) is 12.1 Å². The van der Waals surface area contributed by atoms with Crippen molar-refractivity contribution in [3.05, 3.63) is 45.5 Å². The molecule has 116 valence electrons. The Bertz CT molecular complexity index is 830. The number of para-hydroxylation sites is 1. The Balaban J connectivity index is 2.30. The van der Waals surface area contributed by atoms with E-state index in [2.05, 4.69) is 9.71 Å². The maximum Gasteiger partial charge on any atom is 0.309 e. The zero-order valence-electron chi connectivity index (χ0n) is 10.8. The molecule has 1 aromatic carbocycles. The molecule has 1 aromatic heterocycles. The minimum Gasteiger partial charge on any atom is -0.481 e. The van der Waals surface area contributed by atoms with E-state index in [4.69, 9.17) is 5.11 Å². The molecule has 0 aliphatic heterocycles. The molecule has 0 aliphatic rings. The highest BCUT2D eigenvalue weighted by atomic mass is 32.2. The van der Waals surface area contributed by atoms with Crippen LogP contribution in [0.15, 0.2) is 34.5 Å². The number of carboxylic acids is 1. The van der Waals surface area contributed by atoms with Gasteiger partial charge in [-0.05, 0) is 6.07 Å². The summed E-state index contributed by atoms with van der Waals surface area (Å²) in [6.45, 7) is 0. The number of carboxylic acid groups (broad SMARTS) is 1. The number of aliphatic carboxylic acids is 1. The van der Waals surface area contributed by atoms with Crippen LogP contribution in [0.2, 0.25) is 0 Å². The van der Waals surface area contributed by atoms with Crippen LogP contribution < -0.4 is 4.72 Å². The largest absolute Gasteiger partial charge is 0.481 e. The van der Waals surface area contributed by atoms with Crippen molar-refractivity contribution in [2.24, 2.45) is 0 Å². The summed E-state index contributed by atoms with van der Waals surface area (Å²) in [4.78, 5) is 24.0. The fourth-order valence-corrected chi connectivity index (χ4v) is 3.73. The van der Waals surface area contributed by atoms with E-state index in [1.807, 2.05) is 0 Å². The fraction of sp³-hybridized carbons (Fsp3) is 0.0909. The standard InChI is InChI=1S/C11H9N3O6S2/c15-10(16)5-7-6-21-11(12-7)13-22(19,20)9-4-2-1-3-8(9)14(17)18/h1-4,6H,5H2,(H,12,13)(H,15,16). The summed E-state index contributed by atoms with van der Waals surface area (Å²) < 4.78 is 26.5. The lowest BCUT2D eigenvalue weighted by molar-refractivity contribution is -0.387. The Labute approximate surface area is 128 Å². The SMILES string of the molecule is O=C(O)Cc1csc(NS(=O)(=O)c2ccccc2[N+](=O)[O-])n1. The number of rotatable bonds is 6. The van der Waals surface area contributed by atoms with Gasteiger partial charge in [0.25, 0.3) is 15.7 Å². The smallest absolute Gasteiger partial charge is 0.309 e. The van der Waals surface area contributed by atoms with Gasteiger partial charge in [0.05, 0.1) is 17.0 Å². The summed E-state index contributed by atoms with van der Waals surface area (Å²) >= 11 is 0.893. The Morgan fingerprint density at radius 2 is 2.09 bits per heavy atom. The van der Waals surface area contributed by atoms with Crippen LogP contribution in [0.5, 0.6) is 0 Å². The predicted octanol–water partition coefficient (Wildman–Crippen LogP) is 1.48. The van der Waals surface area contributed by atoms with E-state index in [9.17, 15) is 23.3 Å². The number of sulfonamides is 1. The molecular weight excluding hydrogens is 334 g/mol. The van der Waals surface area contributed by atoms with Gasteiger partial charge in [0.1, 0.15) is 0 Å². The Hall–Kier alpha value is -2.53. The number of nitrogens with zero attached hydrogens (tertiary/aromatic N) is 2. The molecule has 0 fully saturated rings. The second kappa shape index (κ2) is 6.07. The molecule has 0 aliphatic carbocycles. The summed E-state index contributed by atoms with van der Waals surface area (Å²) in [7, 11) is -4.20. The van der Waals surface area contributed by atoms with Gasteiger partial charge in [0.2, 0.25) is 0 Å². The zero-order valence-corrected chi connectivity index (χ0v) is 12.4. The van der Waals surface area contributed by atoms with Gasteiger partial charge in [-0.25, -0.2) is 13.4 Å². The molecule has 9 nitrogen and oxygen atoms in total. The minimum atomic E-state index is -4.20.